The molecule has 5 nitrogen and oxygen atoms in total. The van der Waals surface area contributed by atoms with Crippen LogP contribution >= 0.6 is 11.8 Å². The number of carboxylic acids is 1. The van der Waals surface area contributed by atoms with Crippen LogP contribution in [-0.2, 0) is 9.59 Å². The highest BCUT2D eigenvalue weighted by atomic mass is 32.2. The zero-order chi connectivity index (χ0) is 11.0. The second-order valence-corrected chi connectivity index (χ2v) is 3.94. The molecule has 1 amide bonds. The van der Waals surface area contributed by atoms with Crippen molar-refractivity contribution < 1.29 is 19.8 Å². The fourth-order valence-corrected chi connectivity index (χ4v) is 1.61. The molecule has 0 aromatic carbocycles. The summed E-state index contributed by atoms with van der Waals surface area (Å²) < 4.78 is 0. The second-order valence-electron chi connectivity index (χ2n) is 2.72. The van der Waals surface area contributed by atoms with Crippen LogP contribution < -0.4 is 5.32 Å². The lowest BCUT2D eigenvalue weighted by atomic mass is 10.2. The maximum atomic E-state index is 10.6. The number of hydrogen-bond donors (Lipinski definition) is 3. The van der Waals surface area contributed by atoms with Gasteiger partial charge in [-0.25, -0.2) is 4.79 Å². The molecule has 0 aromatic heterocycles. The molecule has 3 N–H and O–H groups in total. The SMILES string of the molecule is CC(=O)NC(CCSCCO)C(=O)O. The highest BCUT2D eigenvalue weighted by Crippen LogP contribution is 2.04. The molecule has 1 atom stereocenters. The maximum absolute atomic E-state index is 10.6. The van der Waals surface area contributed by atoms with Gasteiger partial charge in [-0.3, -0.25) is 4.79 Å². The standard InChI is InChI=1S/C8H15NO4S/c1-6(11)9-7(8(12)13)2-4-14-5-3-10/h7,10H,2-5H2,1H3,(H,9,11)(H,12,13). The van der Waals surface area contributed by atoms with Crippen LogP contribution in [0.15, 0.2) is 0 Å². The number of aliphatic hydroxyl groups excluding tert-OH is 1. The first kappa shape index (κ1) is 13.2. The number of rotatable bonds is 7. The minimum absolute atomic E-state index is 0.0859. The maximum Gasteiger partial charge on any atom is 0.326 e. The van der Waals surface area contributed by atoms with Crippen LogP contribution in [0.4, 0.5) is 0 Å². The lowest BCUT2D eigenvalue weighted by Gasteiger charge is -2.12. The Morgan fingerprint density at radius 3 is 2.50 bits per heavy atom. The van der Waals surface area contributed by atoms with Crippen molar-refractivity contribution in [2.24, 2.45) is 0 Å². The lowest BCUT2D eigenvalue weighted by molar-refractivity contribution is -0.141. The summed E-state index contributed by atoms with van der Waals surface area (Å²) in [6.07, 6.45) is 0.375. The third kappa shape index (κ3) is 6.73. The average Bonchev–Trinajstić information content (AvgIpc) is 2.09. The number of carbonyl (C=O) groups is 2. The van der Waals surface area contributed by atoms with Crippen molar-refractivity contribution in [3.05, 3.63) is 0 Å². The number of carbonyl (C=O) groups excluding carboxylic acids is 1. The number of thioether (sulfide) groups is 1. The molecule has 14 heavy (non-hydrogen) atoms. The monoisotopic (exact) mass is 221 g/mol. The molecule has 0 rings (SSSR count). The largest absolute Gasteiger partial charge is 0.480 e. The molecule has 0 spiro atoms. The smallest absolute Gasteiger partial charge is 0.326 e. The number of aliphatic hydroxyl groups is 1. The van der Waals surface area contributed by atoms with Crippen LogP contribution in [0, 0.1) is 0 Å². The highest BCUT2D eigenvalue weighted by molar-refractivity contribution is 7.99. The van der Waals surface area contributed by atoms with Gasteiger partial charge in [0.1, 0.15) is 6.04 Å². The fourth-order valence-electron chi connectivity index (χ4n) is 0.871. The molecule has 0 aromatic rings. The third-order valence-corrected chi connectivity index (χ3v) is 2.46. The van der Waals surface area contributed by atoms with Gasteiger partial charge >= 0.3 is 5.97 Å². The summed E-state index contributed by atoms with van der Waals surface area (Å²) in [5.74, 6) is -0.168. The Hall–Kier alpha value is -0.750. The normalized spacial score (nSPS) is 12.1. The van der Waals surface area contributed by atoms with Gasteiger partial charge < -0.3 is 15.5 Å². The van der Waals surface area contributed by atoms with Crippen LogP contribution in [0.3, 0.4) is 0 Å². The van der Waals surface area contributed by atoms with Gasteiger partial charge in [0.2, 0.25) is 5.91 Å². The minimum atomic E-state index is -1.02. The van der Waals surface area contributed by atoms with E-state index < -0.39 is 12.0 Å². The Morgan fingerprint density at radius 1 is 1.43 bits per heavy atom. The Labute approximate surface area is 86.9 Å². The van der Waals surface area contributed by atoms with Crippen molar-refractivity contribution in [3.63, 3.8) is 0 Å². The molecule has 0 bridgehead atoms. The summed E-state index contributed by atoms with van der Waals surface area (Å²) >= 11 is 1.46. The number of aliphatic carboxylic acids is 1. The van der Waals surface area contributed by atoms with E-state index >= 15 is 0 Å². The minimum Gasteiger partial charge on any atom is -0.480 e. The zero-order valence-corrected chi connectivity index (χ0v) is 8.84. The van der Waals surface area contributed by atoms with Crippen molar-refractivity contribution >= 4 is 23.6 Å². The van der Waals surface area contributed by atoms with Gasteiger partial charge in [0.15, 0.2) is 0 Å². The van der Waals surface area contributed by atoms with Gasteiger partial charge in [-0.1, -0.05) is 0 Å². The summed E-state index contributed by atoms with van der Waals surface area (Å²) in [6, 6.07) is -0.821. The second kappa shape index (κ2) is 7.64. The van der Waals surface area contributed by atoms with Gasteiger partial charge in [0, 0.05) is 12.7 Å². The molecule has 0 saturated heterocycles. The Kier molecular flexibility index (Phi) is 7.23. The number of amides is 1. The van der Waals surface area contributed by atoms with E-state index in [0.717, 1.165) is 0 Å². The first-order chi connectivity index (χ1) is 6.57. The van der Waals surface area contributed by atoms with E-state index in [2.05, 4.69) is 5.32 Å². The van der Waals surface area contributed by atoms with Crippen molar-refractivity contribution in [2.75, 3.05) is 18.1 Å². The Bertz CT molecular complexity index is 198. The molecule has 0 aliphatic heterocycles. The van der Waals surface area contributed by atoms with Gasteiger partial charge in [0.05, 0.1) is 6.61 Å². The Morgan fingerprint density at radius 2 is 2.07 bits per heavy atom. The van der Waals surface area contributed by atoms with E-state index in [1.165, 1.54) is 18.7 Å². The predicted molar refractivity (Wildman–Crippen MR) is 54.3 cm³/mol. The van der Waals surface area contributed by atoms with Crippen molar-refractivity contribution in [2.45, 2.75) is 19.4 Å². The van der Waals surface area contributed by atoms with E-state index in [-0.39, 0.29) is 12.5 Å². The Balaban J connectivity index is 3.74. The first-order valence-corrected chi connectivity index (χ1v) is 5.42. The highest BCUT2D eigenvalue weighted by Gasteiger charge is 2.17. The summed E-state index contributed by atoms with van der Waals surface area (Å²) in [5, 5.41) is 19.5. The van der Waals surface area contributed by atoms with Crippen LogP contribution in [0.5, 0.6) is 0 Å². The quantitative estimate of drug-likeness (QED) is 0.513. The molecule has 0 saturated carbocycles. The van der Waals surface area contributed by atoms with E-state index in [0.29, 0.717) is 17.9 Å². The summed E-state index contributed by atoms with van der Waals surface area (Å²) in [7, 11) is 0. The topological polar surface area (TPSA) is 86.6 Å². The van der Waals surface area contributed by atoms with Gasteiger partial charge in [-0.2, -0.15) is 11.8 Å². The van der Waals surface area contributed by atoms with Crippen LogP contribution in [0.1, 0.15) is 13.3 Å². The van der Waals surface area contributed by atoms with E-state index in [4.69, 9.17) is 10.2 Å². The van der Waals surface area contributed by atoms with Crippen LogP contribution in [0.25, 0.3) is 0 Å². The van der Waals surface area contributed by atoms with E-state index in [1.807, 2.05) is 0 Å². The van der Waals surface area contributed by atoms with E-state index in [9.17, 15) is 9.59 Å². The molecule has 0 aliphatic rings. The molecule has 0 fully saturated rings. The van der Waals surface area contributed by atoms with Gasteiger partial charge in [0.25, 0.3) is 0 Å². The molecule has 0 heterocycles. The van der Waals surface area contributed by atoms with Gasteiger partial charge in [-0.15, -0.1) is 0 Å². The number of carboxylic acid groups (broad SMARTS) is 1. The zero-order valence-electron chi connectivity index (χ0n) is 8.02. The molecule has 1 unspecified atom stereocenters. The molecule has 82 valence electrons. The molecule has 6 heteroatoms. The third-order valence-electron chi connectivity index (χ3n) is 1.46. The summed E-state index contributed by atoms with van der Waals surface area (Å²) in [6.45, 7) is 1.37. The average molecular weight is 221 g/mol. The number of nitrogens with one attached hydrogen (secondary N) is 1. The summed E-state index contributed by atoms with van der Waals surface area (Å²) in [4.78, 5) is 21.3. The first-order valence-electron chi connectivity index (χ1n) is 4.26. The van der Waals surface area contributed by atoms with Crippen LogP contribution in [-0.4, -0.2) is 46.2 Å². The van der Waals surface area contributed by atoms with Crippen LogP contribution in [0.2, 0.25) is 0 Å². The molecular weight excluding hydrogens is 206 g/mol. The molecule has 0 aliphatic carbocycles. The molecular formula is C8H15NO4S. The van der Waals surface area contributed by atoms with Crippen molar-refractivity contribution in [1.82, 2.24) is 5.32 Å². The van der Waals surface area contributed by atoms with Crippen molar-refractivity contribution in [3.8, 4) is 0 Å². The molecule has 0 radical (unpaired) electrons. The lowest BCUT2D eigenvalue weighted by Crippen LogP contribution is -2.39. The fraction of sp³-hybridized carbons (Fsp3) is 0.750. The van der Waals surface area contributed by atoms with Crippen molar-refractivity contribution in [1.29, 1.82) is 0 Å². The van der Waals surface area contributed by atoms with E-state index in [1.54, 1.807) is 0 Å². The van der Waals surface area contributed by atoms with Gasteiger partial charge in [-0.05, 0) is 12.2 Å². The predicted octanol–water partition coefficient (Wildman–Crippen LogP) is -0.309. The number of hydrogen-bond acceptors (Lipinski definition) is 4. The summed E-state index contributed by atoms with van der Waals surface area (Å²) in [5.41, 5.74) is 0.